The Balaban J connectivity index is 2.14. The molecule has 0 bridgehead atoms. The largest absolute Gasteiger partial charge is 0.345 e. The van der Waals surface area contributed by atoms with Crippen LogP contribution in [0.25, 0.3) is 0 Å². The minimum Gasteiger partial charge on any atom is -0.345 e. The molecule has 1 atom stereocenters. The minimum atomic E-state index is -0.127. The van der Waals surface area contributed by atoms with Crippen LogP contribution >= 0.6 is 15.9 Å². The first-order valence-electron chi connectivity index (χ1n) is 6.58. The highest BCUT2D eigenvalue weighted by atomic mass is 79.9. The molecule has 2 aromatic rings. The maximum atomic E-state index is 12.3. The van der Waals surface area contributed by atoms with E-state index in [-0.39, 0.29) is 11.9 Å². The van der Waals surface area contributed by atoms with Gasteiger partial charge in [-0.15, -0.1) is 0 Å². The predicted octanol–water partition coefficient (Wildman–Crippen LogP) is 4.12. The lowest BCUT2D eigenvalue weighted by Gasteiger charge is -2.15. The Morgan fingerprint density at radius 3 is 2.52 bits per heavy atom. The Morgan fingerprint density at radius 2 is 1.90 bits per heavy atom. The molecule has 21 heavy (non-hydrogen) atoms. The molecular formula is C17H15BrN2O. The van der Waals surface area contributed by atoms with E-state index in [0.29, 0.717) is 11.1 Å². The van der Waals surface area contributed by atoms with Crippen LogP contribution in [0.1, 0.15) is 40.0 Å². The van der Waals surface area contributed by atoms with Crippen molar-refractivity contribution in [2.24, 2.45) is 0 Å². The molecule has 0 radical (unpaired) electrons. The molecular weight excluding hydrogens is 328 g/mol. The molecule has 0 aliphatic carbocycles. The molecule has 0 aliphatic heterocycles. The van der Waals surface area contributed by atoms with Crippen LogP contribution < -0.4 is 5.32 Å². The number of carbonyl (C=O) groups is 1. The fourth-order valence-corrected chi connectivity index (χ4v) is 2.44. The van der Waals surface area contributed by atoms with Crippen LogP contribution in [0.3, 0.4) is 0 Å². The van der Waals surface area contributed by atoms with Crippen LogP contribution in [-0.4, -0.2) is 5.91 Å². The van der Waals surface area contributed by atoms with Crippen molar-refractivity contribution in [1.82, 2.24) is 5.32 Å². The Bertz CT molecular complexity index is 702. The average Bonchev–Trinajstić information content (AvgIpc) is 2.49. The van der Waals surface area contributed by atoms with Gasteiger partial charge in [0.1, 0.15) is 0 Å². The molecule has 1 amide bonds. The third-order valence-electron chi connectivity index (χ3n) is 3.25. The number of hydrogen-bond acceptors (Lipinski definition) is 2. The Kier molecular flexibility index (Phi) is 4.77. The smallest absolute Gasteiger partial charge is 0.252 e. The topological polar surface area (TPSA) is 52.9 Å². The second-order valence-corrected chi connectivity index (χ2v) is 5.77. The average molecular weight is 343 g/mol. The molecule has 0 saturated carbocycles. The van der Waals surface area contributed by atoms with E-state index in [1.165, 1.54) is 0 Å². The summed E-state index contributed by atoms with van der Waals surface area (Å²) in [6.07, 6.45) is 0. The molecule has 0 aliphatic rings. The highest BCUT2D eigenvalue weighted by molar-refractivity contribution is 9.10. The minimum absolute atomic E-state index is 0.123. The van der Waals surface area contributed by atoms with Crippen LogP contribution in [0.5, 0.6) is 0 Å². The van der Waals surface area contributed by atoms with E-state index in [1.807, 2.05) is 44.2 Å². The van der Waals surface area contributed by atoms with E-state index in [0.717, 1.165) is 15.6 Å². The van der Waals surface area contributed by atoms with Crippen molar-refractivity contribution in [3.05, 3.63) is 69.2 Å². The molecule has 0 spiro atoms. The summed E-state index contributed by atoms with van der Waals surface area (Å²) in [6, 6.07) is 14.8. The maximum absolute atomic E-state index is 12.3. The quantitative estimate of drug-likeness (QED) is 0.911. The van der Waals surface area contributed by atoms with Crippen molar-refractivity contribution in [1.29, 1.82) is 5.26 Å². The summed E-state index contributed by atoms with van der Waals surface area (Å²) in [5.41, 5.74) is 3.23. The molecule has 0 heterocycles. The summed E-state index contributed by atoms with van der Waals surface area (Å²) in [4.78, 5) is 12.3. The van der Waals surface area contributed by atoms with Gasteiger partial charge >= 0.3 is 0 Å². The van der Waals surface area contributed by atoms with E-state index in [1.54, 1.807) is 12.1 Å². The van der Waals surface area contributed by atoms with Crippen molar-refractivity contribution >= 4 is 21.8 Å². The molecule has 0 fully saturated rings. The van der Waals surface area contributed by atoms with Crippen molar-refractivity contribution in [3.8, 4) is 6.07 Å². The first-order valence-corrected chi connectivity index (χ1v) is 7.37. The van der Waals surface area contributed by atoms with Gasteiger partial charge in [-0.2, -0.15) is 5.26 Å². The van der Waals surface area contributed by atoms with Gasteiger partial charge in [-0.3, -0.25) is 4.79 Å². The van der Waals surface area contributed by atoms with Crippen molar-refractivity contribution < 1.29 is 4.79 Å². The normalized spacial score (nSPS) is 11.5. The van der Waals surface area contributed by atoms with Crippen LogP contribution in [0.4, 0.5) is 0 Å². The van der Waals surface area contributed by atoms with Gasteiger partial charge in [0.2, 0.25) is 0 Å². The Morgan fingerprint density at radius 1 is 1.24 bits per heavy atom. The van der Waals surface area contributed by atoms with Gasteiger partial charge in [-0.1, -0.05) is 23.8 Å². The van der Waals surface area contributed by atoms with Gasteiger partial charge in [-0.05, 0) is 59.6 Å². The van der Waals surface area contributed by atoms with E-state index in [4.69, 9.17) is 5.26 Å². The molecule has 106 valence electrons. The zero-order valence-corrected chi connectivity index (χ0v) is 13.4. The van der Waals surface area contributed by atoms with Gasteiger partial charge < -0.3 is 5.32 Å². The number of benzene rings is 2. The molecule has 1 N–H and O–H groups in total. The fraction of sp³-hybridized carbons (Fsp3) is 0.176. The van der Waals surface area contributed by atoms with Gasteiger partial charge in [0.05, 0.1) is 23.2 Å². The third-order valence-corrected chi connectivity index (χ3v) is 3.95. The lowest BCUT2D eigenvalue weighted by Crippen LogP contribution is -2.27. The molecule has 3 nitrogen and oxygen atoms in total. The number of halogens is 1. The lowest BCUT2D eigenvalue weighted by atomic mass is 10.1. The Hall–Kier alpha value is -2.12. The summed E-state index contributed by atoms with van der Waals surface area (Å²) in [5, 5.41) is 11.8. The number of hydrogen-bond donors (Lipinski definition) is 1. The van der Waals surface area contributed by atoms with E-state index >= 15 is 0 Å². The monoisotopic (exact) mass is 342 g/mol. The van der Waals surface area contributed by atoms with Crippen LogP contribution in [0.15, 0.2) is 46.9 Å². The van der Waals surface area contributed by atoms with Gasteiger partial charge in [0.25, 0.3) is 5.91 Å². The highest BCUT2D eigenvalue weighted by Gasteiger charge is 2.14. The maximum Gasteiger partial charge on any atom is 0.252 e. The zero-order valence-electron chi connectivity index (χ0n) is 11.9. The lowest BCUT2D eigenvalue weighted by molar-refractivity contribution is 0.0939. The number of amides is 1. The van der Waals surface area contributed by atoms with Gasteiger partial charge in [0.15, 0.2) is 0 Å². The third kappa shape index (κ3) is 3.71. The summed E-state index contributed by atoms with van der Waals surface area (Å²) >= 11 is 3.40. The van der Waals surface area contributed by atoms with Crippen molar-refractivity contribution in [3.63, 3.8) is 0 Å². The number of rotatable bonds is 3. The first kappa shape index (κ1) is 15.3. The highest BCUT2D eigenvalue weighted by Crippen LogP contribution is 2.20. The first-order chi connectivity index (χ1) is 10.0. The second-order valence-electron chi connectivity index (χ2n) is 4.91. The second kappa shape index (κ2) is 6.55. The number of nitrogens with zero attached hydrogens (tertiary/aromatic N) is 1. The number of carbonyl (C=O) groups excluding carboxylic acids is 1. The van der Waals surface area contributed by atoms with Gasteiger partial charge in [-0.25, -0.2) is 0 Å². The standard InChI is InChI=1S/C17H15BrN2O/c1-11-3-8-16(18)15(9-11)17(21)20-12(2)14-6-4-13(10-19)5-7-14/h3-9,12H,1-2H3,(H,20,21). The van der Waals surface area contributed by atoms with Crippen molar-refractivity contribution in [2.75, 3.05) is 0 Å². The van der Waals surface area contributed by atoms with Crippen LogP contribution in [-0.2, 0) is 0 Å². The molecule has 0 aromatic heterocycles. The van der Waals surface area contributed by atoms with Crippen molar-refractivity contribution in [2.45, 2.75) is 19.9 Å². The summed E-state index contributed by atoms with van der Waals surface area (Å²) < 4.78 is 0.776. The van der Waals surface area contributed by atoms with E-state index in [2.05, 4.69) is 27.3 Å². The fourth-order valence-electron chi connectivity index (χ4n) is 2.02. The van der Waals surface area contributed by atoms with Gasteiger partial charge in [0, 0.05) is 4.47 Å². The number of aryl methyl sites for hydroxylation is 1. The number of nitrogens with one attached hydrogen (secondary N) is 1. The molecule has 1 unspecified atom stereocenters. The summed E-state index contributed by atoms with van der Waals surface area (Å²) in [7, 11) is 0. The van der Waals surface area contributed by atoms with Crippen LogP contribution in [0.2, 0.25) is 0 Å². The zero-order chi connectivity index (χ0) is 15.4. The molecule has 2 aromatic carbocycles. The molecule has 2 rings (SSSR count). The van der Waals surface area contributed by atoms with E-state index < -0.39 is 0 Å². The summed E-state index contributed by atoms with van der Waals surface area (Å²) in [5.74, 6) is -0.123. The number of nitriles is 1. The van der Waals surface area contributed by atoms with E-state index in [9.17, 15) is 4.79 Å². The SMILES string of the molecule is Cc1ccc(Br)c(C(=O)NC(C)c2ccc(C#N)cc2)c1. The Labute approximate surface area is 132 Å². The van der Waals surface area contributed by atoms with Crippen LogP contribution in [0, 0.1) is 18.3 Å². The predicted molar refractivity (Wildman–Crippen MR) is 85.9 cm³/mol. The molecule has 4 heteroatoms. The summed E-state index contributed by atoms with van der Waals surface area (Å²) in [6.45, 7) is 3.87. The molecule has 0 saturated heterocycles.